The van der Waals surface area contributed by atoms with Gasteiger partial charge < -0.3 is 0 Å². The quantitative estimate of drug-likeness (QED) is 0.616. The van der Waals surface area contributed by atoms with Gasteiger partial charge in [-0.05, 0) is 31.4 Å². The normalized spacial score (nSPS) is 16.2. The maximum Gasteiger partial charge on any atom is 0.0523 e. The van der Waals surface area contributed by atoms with Crippen molar-refractivity contribution < 1.29 is 0 Å². The molecular weight excluding hydrogens is 148 g/mol. The fourth-order valence-electron chi connectivity index (χ4n) is 1.35. The molecule has 62 valence electrons. The zero-order valence-corrected chi connectivity index (χ0v) is 7.20. The molecule has 0 saturated carbocycles. The molecule has 0 bridgehead atoms. The molecule has 0 amide bonds. The number of nitrogens with zero attached hydrogens (tertiary/aromatic N) is 2. The van der Waals surface area contributed by atoms with Crippen LogP contribution in [-0.2, 0) is 0 Å². The molecule has 12 heavy (non-hydrogen) atoms. The molecule has 2 rings (SSSR count). The van der Waals surface area contributed by atoms with Crippen LogP contribution in [0.4, 0.5) is 0 Å². The first-order chi connectivity index (χ1) is 5.86. The van der Waals surface area contributed by atoms with Gasteiger partial charge in [0.05, 0.1) is 6.20 Å². The number of aryl methyl sites for hydroxylation is 1. The fourth-order valence-corrected chi connectivity index (χ4v) is 1.35. The van der Waals surface area contributed by atoms with Crippen LogP contribution in [0.25, 0.3) is 5.70 Å². The van der Waals surface area contributed by atoms with Gasteiger partial charge in [0.15, 0.2) is 0 Å². The van der Waals surface area contributed by atoms with Crippen LogP contribution in [0.3, 0.4) is 0 Å². The SMILES string of the molecule is Cc1cnn(C2=CC=CCC2)c1. The van der Waals surface area contributed by atoms with Gasteiger partial charge in [-0.2, -0.15) is 5.10 Å². The number of aromatic nitrogens is 2. The van der Waals surface area contributed by atoms with Crippen LogP contribution in [0.15, 0.2) is 30.6 Å². The summed E-state index contributed by atoms with van der Waals surface area (Å²) in [6.07, 6.45) is 12.6. The molecule has 0 unspecified atom stereocenters. The molecule has 1 aliphatic carbocycles. The number of hydrogen-bond acceptors (Lipinski definition) is 1. The summed E-state index contributed by atoms with van der Waals surface area (Å²) in [5, 5.41) is 4.25. The average molecular weight is 160 g/mol. The molecule has 0 fully saturated rings. The highest BCUT2D eigenvalue weighted by atomic mass is 15.3. The van der Waals surface area contributed by atoms with Crippen molar-refractivity contribution in [3.05, 3.63) is 36.2 Å². The van der Waals surface area contributed by atoms with Crippen molar-refractivity contribution >= 4 is 5.70 Å². The second-order valence-corrected chi connectivity index (χ2v) is 3.09. The van der Waals surface area contributed by atoms with E-state index < -0.39 is 0 Å². The Bertz CT molecular complexity index is 331. The first-order valence-electron chi connectivity index (χ1n) is 4.23. The highest BCUT2D eigenvalue weighted by Crippen LogP contribution is 2.16. The van der Waals surface area contributed by atoms with Gasteiger partial charge in [0.2, 0.25) is 0 Å². The van der Waals surface area contributed by atoms with Crippen molar-refractivity contribution in [3.63, 3.8) is 0 Å². The average Bonchev–Trinajstić information content (AvgIpc) is 2.54. The van der Waals surface area contributed by atoms with Crippen LogP contribution in [0, 0.1) is 6.92 Å². The highest BCUT2D eigenvalue weighted by Gasteiger charge is 2.02. The fraction of sp³-hybridized carbons (Fsp3) is 0.300. The summed E-state index contributed by atoms with van der Waals surface area (Å²) in [4.78, 5) is 0. The van der Waals surface area contributed by atoms with Crippen molar-refractivity contribution in [3.8, 4) is 0 Å². The van der Waals surface area contributed by atoms with Crippen LogP contribution in [0.5, 0.6) is 0 Å². The highest BCUT2D eigenvalue weighted by molar-refractivity contribution is 5.49. The first kappa shape index (κ1) is 7.35. The monoisotopic (exact) mass is 160 g/mol. The Morgan fingerprint density at radius 3 is 3.00 bits per heavy atom. The molecule has 0 aromatic carbocycles. The molecule has 0 saturated heterocycles. The zero-order valence-electron chi connectivity index (χ0n) is 7.20. The van der Waals surface area contributed by atoms with Crippen molar-refractivity contribution in [2.75, 3.05) is 0 Å². The molecule has 1 aromatic rings. The molecule has 0 aliphatic heterocycles. The number of allylic oxidation sites excluding steroid dienone is 4. The molecule has 0 radical (unpaired) electrons. The van der Waals surface area contributed by atoms with Crippen LogP contribution >= 0.6 is 0 Å². The minimum absolute atomic E-state index is 1.09. The molecule has 0 atom stereocenters. The second-order valence-electron chi connectivity index (χ2n) is 3.09. The second kappa shape index (κ2) is 2.97. The minimum Gasteiger partial charge on any atom is -0.245 e. The third-order valence-electron chi connectivity index (χ3n) is 2.00. The van der Waals surface area contributed by atoms with E-state index in [1.165, 1.54) is 11.3 Å². The maximum absolute atomic E-state index is 4.25. The first-order valence-corrected chi connectivity index (χ1v) is 4.23. The molecule has 2 nitrogen and oxygen atoms in total. The van der Waals surface area contributed by atoms with Gasteiger partial charge in [0, 0.05) is 11.9 Å². The van der Waals surface area contributed by atoms with E-state index in [1.54, 1.807) is 0 Å². The van der Waals surface area contributed by atoms with Gasteiger partial charge >= 0.3 is 0 Å². The van der Waals surface area contributed by atoms with E-state index in [2.05, 4.69) is 36.4 Å². The third kappa shape index (κ3) is 1.33. The summed E-state index contributed by atoms with van der Waals surface area (Å²) in [7, 11) is 0. The summed E-state index contributed by atoms with van der Waals surface area (Å²) < 4.78 is 1.96. The molecule has 1 heterocycles. The van der Waals surface area contributed by atoms with Gasteiger partial charge in [0.25, 0.3) is 0 Å². The summed E-state index contributed by atoms with van der Waals surface area (Å²) >= 11 is 0. The van der Waals surface area contributed by atoms with E-state index in [4.69, 9.17) is 0 Å². The van der Waals surface area contributed by atoms with E-state index in [0.717, 1.165) is 12.8 Å². The summed E-state index contributed by atoms with van der Waals surface area (Å²) in [6.45, 7) is 2.06. The summed E-state index contributed by atoms with van der Waals surface area (Å²) in [5.74, 6) is 0. The Hall–Kier alpha value is -1.31. The van der Waals surface area contributed by atoms with Crippen LogP contribution < -0.4 is 0 Å². The lowest BCUT2D eigenvalue weighted by Gasteiger charge is -2.07. The summed E-state index contributed by atoms with van der Waals surface area (Å²) in [5.41, 5.74) is 2.50. The Morgan fingerprint density at radius 1 is 1.50 bits per heavy atom. The Kier molecular flexibility index (Phi) is 1.82. The molecule has 0 N–H and O–H groups in total. The Morgan fingerprint density at radius 2 is 2.42 bits per heavy atom. The maximum atomic E-state index is 4.25. The van der Waals surface area contributed by atoms with Crippen molar-refractivity contribution in [2.45, 2.75) is 19.8 Å². The predicted octanol–water partition coefficient (Wildman–Crippen LogP) is 2.38. The largest absolute Gasteiger partial charge is 0.245 e. The molecule has 1 aliphatic rings. The van der Waals surface area contributed by atoms with Gasteiger partial charge in [-0.15, -0.1) is 0 Å². The van der Waals surface area contributed by atoms with E-state index in [9.17, 15) is 0 Å². The van der Waals surface area contributed by atoms with E-state index in [-0.39, 0.29) is 0 Å². The zero-order chi connectivity index (χ0) is 8.39. The topological polar surface area (TPSA) is 17.8 Å². The van der Waals surface area contributed by atoms with Crippen LogP contribution in [-0.4, -0.2) is 9.78 Å². The standard InChI is InChI=1S/C10H12N2/c1-9-7-11-12(8-9)10-5-3-2-4-6-10/h2-3,5,7-8H,4,6H2,1H3. The summed E-state index contributed by atoms with van der Waals surface area (Å²) in [6, 6.07) is 0. The lowest BCUT2D eigenvalue weighted by atomic mass is 10.1. The van der Waals surface area contributed by atoms with E-state index >= 15 is 0 Å². The van der Waals surface area contributed by atoms with Gasteiger partial charge in [-0.25, -0.2) is 4.68 Å². The lowest BCUT2D eigenvalue weighted by molar-refractivity contribution is 0.838. The third-order valence-corrected chi connectivity index (χ3v) is 2.00. The van der Waals surface area contributed by atoms with Crippen LogP contribution in [0.2, 0.25) is 0 Å². The van der Waals surface area contributed by atoms with Crippen molar-refractivity contribution in [1.82, 2.24) is 9.78 Å². The minimum atomic E-state index is 1.09. The van der Waals surface area contributed by atoms with Gasteiger partial charge in [-0.3, -0.25) is 0 Å². The van der Waals surface area contributed by atoms with Gasteiger partial charge in [0.1, 0.15) is 0 Å². The molecule has 2 heteroatoms. The van der Waals surface area contributed by atoms with E-state index in [0.29, 0.717) is 0 Å². The Labute approximate surface area is 72.2 Å². The molecule has 0 spiro atoms. The lowest BCUT2D eigenvalue weighted by Crippen LogP contribution is -1.98. The molecular formula is C10H12N2. The van der Waals surface area contributed by atoms with E-state index in [1.807, 2.05) is 10.9 Å². The van der Waals surface area contributed by atoms with Crippen LogP contribution in [0.1, 0.15) is 18.4 Å². The number of hydrogen-bond donors (Lipinski definition) is 0. The number of rotatable bonds is 1. The Balaban J connectivity index is 2.30. The van der Waals surface area contributed by atoms with Crippen molar-refractivity contribution in [2.24, 2.45) is 0 Å². The van der Waals surface area contributed by atoms with Gasteiger partial charge in [-0.1, -0.05) is 12.2 Å². The molecule has 1 aromatic heterocycles. The van der Waals surface area contributed by atoms with Crippen molar-refractivity contribution in [1.29, 1.82) is 0 Å². The smallest absolute Gasteiger partial charge is 0.0523 e. The predicted molar refractivity (Wildman–Crippen MR) is 49.6 cm³/mol.